The summed E-state index contributed by atoms with van der Waals surface area (Å²) in [6.45, 7) is 11.8. The number of aryl methyl sites for hydroxylation is 1. The van der Waals surface area contributed by atoms with Gasteiger partial charge in [-0.25, -0.2) is 0 Å². The largest absolute Gasteiger partial charge is 0.315 e. The van der Waals surface area contributed by atoms with Gasteiger partial charge in [0.15, 0.2) is 0 Å². The van der Waals surface area contributed by atoms with E-state index in [1.807, 2.05) is 6.92 Å². The number of hydrogen-bond acceptors (Lipinski definition) is 2. The molecule has 1 atom stereocenters. The van der Waals surface area contributed by atoms with Crippen molar-refractivity contribution in [2.24, 2.45) is 0 Å². The maximum absolute atomic E-state index is 4.57. The van der Waals surface area contributed by atoms with Gasteiger partial charge in [0.2, 0.25) is 0 Å². The molecule has 0 aliphatic carbocycles. The zero-order valence-electron chi connectivity index (χ0n) is 11.5. The lowest BCUT2D eigenvalue weighted by Crippen LogP contribution is -2.24. The van der Waals surface area contributed by atoms with E-state index in [1.165, 1.54) is 12.1 Å². The fraction of sp³-hybridized carbons (Fsp3) is 0.769. The third kappa shape index (κ3) is 4.11. The van der Waals surface area contributed by atoms with Crippen LogP contribution in [0.3, 0.4) is 0 Å². The Hall–Kier alpha value is -0.350. The van der Waals surface area contributed by atoms with Crippen molar-refractivity contribution in [3.05, 3.63) is 15.9 Å². The summed E-state index contributed by atoms with van der Waals surface area (Å²) in [4.78, 5) is 0. The quantitative estimate of drug-likeness (QED) is 0.814. The number of nitrogens with zero attached hydrogens (tertiary/aromatic N) is 2. The monoisotopic (exact) mass is 301 g/mol. The summed E-state index contributed by atoms with van der Waals surface area (Å²) in [6.07, 6.45) is 2.35. The summed E-state index contributed by atoms with van der Waals surface area (Å²) in [5.41, 5.74) is 2.31. The molecule has 0 amide bonds. The van der Waals surface area contributed by atoms with Crippen LogP contribution in [0.5, 0.6) is 0 Å². The molecule has 1 aromatic rings. The highest BCUT2D eigenvalue weighted by atomic mass is 79.9. The maximum Gasteiger partial charge on any atom is 0.0738 e. The molecule has 1 heterocycles. The van der Waals surface area contributed by atoms with Gasteiger partial charge in [0, 0.05) is 12.1 Å². The Morgan fingerprint density at radius 1 is 1.29 bits per heavy atom. The van der Waals surface area contributed by atoms with Crippen molar-refractivity contribution >= 4 is 15.9 Å². The highest BCUT2D eigenvalue weighted by Gasteiger charge is 2.13. The highest BCUT2D eigenvalue weighted by molar-refractivity contribution is 9.10. The molecule has 1 unspecified atom stereocenters. The first-order valence-corrected chi connectivity index (χ1v) is 7.17. The van der Waals surface area contributed by atoms with Crippen LogP contribution >= 0.6 is 15.9 Å². The Morgan fingerprint density at radius 3 is 2.41 bits per heavy atom. The van der Waals surface area contributed by atoms with Crippen molar-refractivity contribution in [3.63, 3.8) is 0 Å². The Morgan fingerprint density at radius 2 is 1.94 bits per heavy atom. The van der Waals surface area contributed by atoms with Crippen LogP contribution < -0.4 is 5.32 Å². The summed E-state index contributed by atoms with van der Waals surface area (Å²) in [5, 5.41) is 8.02. The van der Waals surface area contributed by atoms with Crippen LogP contribution in [-0.4, -0.2) is 22.4 Å². The average molecular weight is 302 g/mol. The molecular formula is C13H24BrN3. The molecule has 0 saturated carbocycles. The zero-order valence-corrected chi connectivity index (χ0v) is 13.1. The summed E-state index contributed by atoms with van der Waals surface area (Å²) in [6, 6.07) is 1.04. The van der Waals surface area contributed by atoms with Gasteiger partial charge >= 0.3 is 0 Å². The summed E-state index contributed by atoms with van der Waals surface area (Å²) < 4.78 is 3.28. The standard InChI is InChI=1S/C13H24BrN3/c1-9(2)15-8-6-7-10(3)17-12(5)13(14)11(4)16-17/h9-10,15H,6-8H2,1-5H3. The normalized spacial score (nSPS) is 13.4. The molecular weight excluding hydrogens is 278 g/mol. The van der Waals surface area contributed by atoms with E-state index in [4.69, 9.17) is 0 Å². The molecule has 0 radical (unpaired) electrons. The number of rotatable bonds is 6. The third-order valence-electron chi connectivity index (χ3n) is 3.01. The third-order valence-corrected chi connectivity index (χ3v) is 4.15. The molecule has 1 rings (SSSR count). The fourth-order valence-corrected chi connectivity index (χ4v) is 2.24. The molecule has 0 saturated heterocycles. The van der Waals surface area contributed by atoms with Crippen LogP contribution in [0.15, 0.2) is 4.47 Å². The van der Waals surface area contributed by atoms with Gasteiger partial charge in [-0.15, -0.1) is 0 Å². The number of nitrogens with one attached hydrogen (secondary N) is 1. The van der Waals surface area contributed by atoms with Crippen LogP contribution in [0.4, 0.5) is 0 Å². The Labute approximate surface area is 113 Å². The summed E-state index contributed by atoms with van der Waals surface area (Å²) >= 11 is 3.57. The zero-order chi connectivity index (χ0) is 13.0. The van der Waals surface area contributed by atoms with Crippen molar-refractivity contribution in [2.45, 2.75) is 59.5 Å². The van der Waals surface area contributed by atoms with Crippen LogP contribution in [0.1, 0.15) is 51.0 Å². The second kappa shape index (κ2) is 6.55. The van der Waals surface area contributed by atoms with Crippen LogP contribution in [0.2, 0.25) is 0 Å². The van der Waals surface area contributed by atoms with E-state index in [0.29, 0.717) is 12.1 Å². The van der Waals surface area contributed by atoms with Crippen LogP contribution in [0, 0.1) is 13.8 Å². The minimum atomic E-state index is 0.467. The minimum Gasteiger partial charge on any atom is -0.315 e. The van der Waals surface area contributed by atoms with E-state index < -0.39 is 0 Å². The van der Waals surface area contributed by atoms with Crippen molar-refractivity contribution < 1.29 is 0 Å². The predicted octanol–water partition coefficient (Wildman–Crippen LogP) is 3.60. The van der Waals surface area contributed by atoms with Gasteiger partial charge in [-0.05, 0) is 56.1 Å². The molecule has 0 aliphatic heterocycles. The summed E-state index contributed by atoms with van der Waals surface area (Å²) in [7, 11) is 0. The molecule has 1 aromatic heterocycles. The molecule has 4 heteroatoms. The van der Waals surface area contributed by atoms with Crippen molar-refractivity contribution in [1.29, 1.82) is 0 Å². The number of hydrogen-bond donors (Lipinski definition) is 1. The van der Waals surface area contributed by atoms with Gasteiger partial charge in [-0.2, -0.15) is 5.10 Å². The lowest BCUT2D eigenvalue weighted by molar-refractivity contribution is 0.424. The molecule has 3 nitrogen and oxygen atoms in total. The van der Waals surface area contributed by atoms with E-state index >= 15 is 0 Å². The SMILES string of the molecule is Cc1nn(C(C)CCCNC(C)C)c(C)c1Br. The van der Waals surface area contributed by atoms with Gasteiger partial charge in [0.05, 0.1) is 15.9 Å². The van der Waals surface area contributed by atoms with Gasteiger partial charge in [-0.1, -0.05) is 13.8 Å². The molecule has 0 spiro atoms. The van der Waals surface area contributed by atoms with Gasteiger partial charge in [0.1, 0.15) is 0 Å². The van der Waals surface area contributed by atoms with E-state index in [2.05, 4.69) is 58.7 Å². The Bertz CT molecular complexity index is 358. The molecule has 0 aliphatic rings. The minimum absolute atomic E-state index is 0.467. The summed E-state index contributed by atoms with van der Waals surface area (Å²) in [5.74, 6) is 0. The molecule has 17 heavy (non-hydrogen) atoms. The molecule has 1 N–H and O–H groups in total. The fourth-order valence-electron chi connectivity index (χ4n) is 1.98. The van der Waals surface area contributed by atoms with Gasteiger partial charge in [-0.3, -0.25) is 4.68 Å². The Kier molecular flexibility index (Phi) is 5.67. The van der Waals surface area contributed by atoms with Crippen molar-refractivity contribution in [3.8, 4) is 0 Å². The van der Waals surface area contributed by atoms with E-state index in [9.17, 15) is 0 Å². The molecule has 0 bridgehead atoms. The van der Waals surface area contributed by atoms with Crippen molar-refractivity contribution in [1.82, 2.24) is 15.1 Å². The van der Waals surface area contributed by atoms with Crippen LogP contribution in [-0.2, 0) is 0 Å². The second-order valence-electron chi connectivity index (χ2n) is 5.03. The molecule has 0 fully saturated rings. The first kappa shape index (κ1) is 14.7. The first-order chi connectivity index (χ1) is 7.93. The predicted molar refractivity (Wildman–Crippen MR) is 76.5 cm³/mol. The smallest absolute Gasteiger partial charge is 0.0738 e. The second-order valence-corrected chi connectivity index (χ2v) is 5.82. The highest BCUT2D eigenvalue weighted by Crippen LogP contribution is 2.24. The molecule has 98 valence electrons. The lowest BCUT2D eigenvalue weighted by atomic mass is 10.2. The lowest BCUT2D eigenvalue weighted by Gasteiger charge is -2.15. The topological polar surface area (TPSA) is 29.9 Å². The van der Waals surface area contributed by atoms with E-state index in [1.54, 1.807) is 0 Å². The maximum atomic E-state index is 4.57. The van der Waals surface area contributed by atoms with E-state index in [0.717, 1.165) is 23.1 Å². The van der Waals surface area contributed by atoms with E-state index in [-0.39, 0.29) is 0 Å². The molecule has 0 aromatic carbocycles. The number of halogens is 1. The van der Waals surface area contributed by atoms with Crippen molar-refractivity contribution in [2.75, 3.05) is 6.54 Å². The average Bonchev–Trinajstić information content (AvgIpc) is 2.52. The Balaban J connectivity index is 2.47. The van der Waals surface area contributed by atoms with Gasteiger partial charge < -0.3 is 5.32 Å². The number of aromatic nitrogens is 2. The first-order valence-electron chi connectivity index (χ1n) is 6.38. The van der Waals surface area contributed by atoms with Gasteiger partial charge in [0.25, 0.3) is 0 Å². The van der Waals surface area contributed by atoms with Crippen LogP contribution in [0.25, 0.3) is 0 Å².